The van der Waals surface area contributed by atoms with E-state index in [0.29, 0.717) is 17.8 Å². The van der Waals surface area contributed by atoms with Gasteiger partial charge in [-0.3, -0.25) is 19.0 Å². The molecule has 1 fully saturated rings. The highest BCUT2D eigenvalue weighted by Crippen LogP contribution is 2.34. The van der Waals surface area contributed by atoms with Crippen LogP contribution in [-0.2, 0) is 6.54 Å². The molecule has 0 amide bonds. The van der Waals surface area contributed by atoms with E-state index in [9.17, 15) is 13.6 Å². The summed E-state index contributed by atoms with van der Waals surface area (Å²) in [4.78, 5) is 19.6. The maximum atomic E-state index is 13.8. The second kappa shape index (κ2) is 6.95. The van der Waals surface area contributed by atoms with Crippen LogP contribution in [0.15, 0.2) is 23.3 Å². The average molecular weight is 391 g/mol. The Balaban J connectivity index is 2.06. The van der Waals surface area contributed by atoms with E-state index < -0.39 is 12.0 Å². The zero-order valence-corrected chi connectivity index (χ0v) is 15.6. The molecular formula is C18H19F2N5OS. The summed E-state index contributed by atoms with van der Waals surface area (Å²) in [6.45, 7) is 2.60. The van der Waals surface area contributed by atoms with Crippen molar-refractivity contribution < 1.29 is 8.78 Å². The van der Waals surface area contributed by atoms with E-state index in [2.05, 4.69) is 15.1 Å². The molecule has 3 aromatic rings. The molecule has 0 atom stereocenters. The van der Waals surface area contributed by atoms with Gasteiger partial charge in [0.1, 0.15) is 5.65 Å². The van der Waals surface area contributed by atoms with Crippen LogP contribution in [0.1, 0.15) is 50.6 Å². The molecular weight excluding hydrogens is 372 g/mol. The Kier molecular flexibility index (Phi) is 4.63. The molecule has 142 valence electrons. The molecule has 1 aliphatic carbocycles. The SMILES string of the molecule is CCn1cc(-c2cc(C(F)F)c3c(=O)[nH]c(=S)n(C4CCCC4)c3n2)cn1. The Morgan fingerprint density at radius 2 is 2.11 bits per heavy atom. The predicted octanol–water partition coefficient (Wildman–Crippen LogP) is 4.39. The molecule has 9 heteroatoms. The smallest absolute Gasteiger partial charge is 0.264 e. The lowest BCUT2D eigenvalue weighted by Crippen LogP contribution is -2.20. The van der Waals surface area contributed by atoms with Crippen molar-refractivity contribution in [1.29, 1.82) is 0 Å². The molecule has 0 aliphatic heterocycles. The van der Waals surface area contributed by atoms with Crippen molar-refractivity contribution in [2.45, 2.75) is 51.6 Å². The fraction of sp³-hybridized carbons (Fsp3) is 0.444. The molecule has 0 saturated heterocycles. The highest BCUT2D eigenvalue weighted by atomic mass is 32.1. The number of rotatable bonds is 4. The lowest BCUT2D eigenvalue weighted by Gasteiger charge is -2.18. The molecule has 0 unspecified atom stereocenters. The van der Waals surface area contributed by atoms with Crippen molar-refractivity contribution in [3.8, 4) is 11.3 Å². The van der Waals surface area contributed by atoms with Gasteiger partial charge in [-0.15, -0.1) is 0 Å². The van der Waals surface area contributed by atoms with Gasteiger partial charge in [-0.2, -0.15) is 5.10 Å². The minimum atomic E-state index is -2.80. The third kappa shape index (κ3) is 3.09. The number of aromatic amines is 1. The van der Waals surface area contributed by atoms with Gasteiger partial charge in [0.2, 0.25) is 0 Å². The number of fused-ring (bicyclic) bond motifs is 1. The highest BCUT2D eigenvalue weighted by Gasteiger charge is 2.25. The summed E-state index contributed by atoms with van der Waals surface area (Å²) in [5.41, 5.74) is 0.270. The normalized spacial score (nSPS) is 15.3. The molecule has 0 radical (unpaired) electrons. The topological polar surface area (TPSA) is 68.5 Å². The number of aromatic nitrogens is 5. The molecule has 1 N–H and O–H groups in total. The summed E-state index contributed by atoms with van der Waals surface area (Å²) in [6.07, 6.45) is 4.40. The molecule has 0 spiro atoms. The van der Waals surface area contributed by atoms with Crippen molar-refractivity contribution in [3.63, 3.8) is 0 Å². The number of aryl methyl sites for hydroxylation is 1. The minimum absolute atomic E-state index is 0.0588. The predicted molar refractivity (Wildman–Crippen MR) is 101 cm³/mol. The standard InChI is InChI=1S/C18H19F2N5OS/c1-2-24-9-10(8-21-24)13-7-12(15(19)20)14-16(22-13)25(11-5-3-4-6-11)18(27)23-17(14)26/h7-9,11,15H,2-6H2,1H3,(H,23,26,27). The Morgan fingerprint density at radius 3 is 2.74 bits per heavy atom. The van der Waals surface area contributed by atoms with E-state index in [1.54, 1.807) is 21.6 Å². The van der Waals surface area contributed by atoms with Crippen LogP contribution in [0.2, 0.25) is 0 Å². The first kappa shape index (κ1) is 18.0. The fourth-order valence-corrected chi connectivity index (χ4v) is 4.09. The van der Waals surface area contributed by atoms with Gasteiger partial charge in [-0.1, -0.05) is 12.8 Å². The van der Waals surface area contributed by atoms with E-state index >= 15 is 0 Å². The third-order valence-electron chi connectivity index (χ3n) is 5.10. The van der Waals surface area contributed by atoms with Crippen molar-refractivity contribution in [2.75, 3.05) is 0 Å². The summed E-state index contributed by atoms with van der Waals surface area (Å²) in [6, 6.07) is 1.34. The van der Waals surface area contributed by atoms with Gasteiger partial charge >= 0.3 is 0 Å². The molecule has 0 aromatic carbocycles. The average Bonchev–Trinajstić information content (AvgIpc) is 3.32. The second-order valence-corrected chi connectivity index (χ2v) is 7.13. The first-order valence-corrected chi connectivity index (χ1v) is 9.41. The van der Waals surface area contributed by atoms with E-state index in [0.717, 1.165) is 25.7 Å². The number of nitrogens with one attached hydrogen (secondary N) is 1. The number of pyridine rings is 1. The van der Waals surface area contributed by atoms with Crippen LogP contribution in [0.4, 0.5) is 8.78 Å². The molecule has 1 saturated carbocycles. The zero-order valence-electron chi connectivity index (χ0n) is 14.8. The minimum Gasteiger partial charge on any atom is -0.299 e. The largest absolute Gasteiger partial charge is 0.299 e. The van der Waals surface area contributed by atoms with Gasteiger partial charge in [0.25, 0.3) is 12.0 Å². The molecule has 1 aliphatic rings. The summed E-state index contributed by atoms with van der Waals surface area (Å²) in [5.74, 6) is 0. The van der Waals surface area contributed by atoms with Crippen LogP contribution in [0.25, 0.3) is 22.3 Å². The van der Waals surface area contributed by atoms with E-state index in [4.69, 9.17) is 12.2 Å². The quantitative estimate of drug-likeness (QED) is 0.670. The Morgan fingerprint density at radius 1 is 1.37 bits per heavy atom. The number of hydrogen-bond acceptors (Lipinski definition) is 4. The first-order valence-electron chi connectivity index (χ1n) is 9.00. The number of hydrogen-bond donors (Lipinski definition) is 1. The summed E-state index contributed by atoms with van der Waals surface area (Å²) in [5, 5.41) is 4.11. The Labute approximate surface area is 158 Å². The van der Waals surface area contributed by atoms with Crippen molar-refractivity contribution in [2.24, 2.45) is 0 Å². The number of H-pyrrole nitrogens is 1. The van der Waals surface area contributed by atoms with Crippen LogP contribution in [0, 0.1) is 4.77 Å². The maximum absolute atomic E-state index is 13.8. The molecule has 27 heavy (non-hydrogen) atoms. The number of nitrogens with zero attached hydrogens (tertiary/aromatic N) is 4. The van der Waals surface area contributed by atoms with Gasteiger partial charge in [0.15, 0.2) is 4.77 Å². The van der Waals surface area contributed by atoms with E-state index in [1.165, 1.54) is 6.07 Å². The van der Waals surface area contributed by atoms with E-state index in [1.807, 2.05) is 6.92 Å². The fourth-order valence-electron chi connectivity index (χ4n) is 3.76. The van der Waals surface area contributed by atoms with Crippen LogP contribution >= 0.6 is 12.2 Å². The second-order valence-electron chi connectivity index (χ2n) is 6.75. The zero-order chi connectivity index (χ0) is 19.1. The van der Waals surface area contributed by atoms with Crippen LogP contribution < -0.4 is 5.56 Å². The number of halogens is 2. The van der Waals surface area contributed by atoms with Gasteiger partial charge in [0, 0.05) is 29.9 Å². The summed E-state index contributed by atoms with van der Waals surface area (Å²) >= 11 is 5.36. The van der Waals surface area contributed by atoms with Gasteiger partial charge < -0.3 is 0 Å². The van der Waals surface area contributed by atoms with Crippen molar-refractivity contribution >= 4 is 23.3 Å². The molecule has 3 aromatic heterocycles. The highest BCUT2D eigenvalue weighted by molar-refractivity contribution is 7.71. The van der Waals surface area contributed by atoms with Gasteiger partial charge in [-0.05, 0) is 38.0 Å². The summed E-state index contributed by atoms with van der Waals surface area (Å²) in [7, 11) is 0. The van der Waals surface area contributed by atoms with Crippen LogP contribution in [-0.4, -0.2) is 24.3 Å². The monoisotopic (exact) mass is 391 g/mol. The van der Waals surface area contributed by atoms with Crippen LogP contribution in [0.3, 0.4) is 0 Å². The Hall–Kier alpha value is -2.42. The van der Waals surface area contributed by atoms with Crippen molar-refractivity contribution in [3.05, 3.63) is 39.1 Å². The van der Waals surface area contributed by atoms with Crippen molar-refractivity contribution in [1.82, 2.24) is 24.3 Å². The van der Waals surface area contributed by atoms with Gasteiger partial charge in [-0.25, -0.2) is 13.8 Å². The maximum Gasteiger partial charge on any atom is 0.264 e. The molecule has 0 bridgehead atoms. The van der Waals surface area contributed by atoms with E-state index in [-0.39, 0.29) is 27.4 Å². The first-order chi connectivity index (χ1) is 13.0. The Bertz CT molecular complexity index is 1110. The lowest BCUT2D eigenvalue weighted by molar-refractivity contribution is 0.153. The van der Waals surface area contributed by atoms with Gasteiger partial charge in [0.05, 0.1) is 17.3 Å². The lowest BCUT2D eigenvalue weighted by atomic mass is 10.1. The molecule has 4 rings (SSSR count). The number of alkyl halides is 2. The molecule has 6 nitrogen and oxygen atoms in total. The third-order valence-corrected chi connectivity index (χ3v) is 5.40. The van der Waals surface area contributed by atoms with Crippen LogP contribution in [0.5, 0.6) is 0 Å². The molecule has 3 heterocycles. The summed E-state index contributed by atoms with van der Waals surface area (Å²) < 4.78 is 31.3.